The van der Waals surface area contributed by atoms with Crippen molar-refractivity contribution in [1.82, 2.24) is 4.90 Å². The van der Waals surface area contributed by atoms with Gasteiger partial charge in [0.2, 0.25) is 5.91 Å². The smallest absolute Gasteiger partial charge is 0.231 e. The number of rotatable bonds is 7. The monoisotopic (exact) mass is 405 g/mol. The molecule has 0 aromatic heterocycles. The highest BCUT2D eigenvalue weighted by Crippen LogP contribution is 2.27. The molecule has 1 fully saturated rings. The molecule has 0 atom stereocenters. The molecule has 1 aromatic carbocycles. The highest BCUT2D eigenvalue weighted by molar-refractivity contribution is 5.95. The number of piperidine rings is 1. The first kappa shape index (κ1) is 25.1. The maximum absolute atomic E-state index is 12.6. The van der Waals surface area contributed by atoms with Crippen LogP contribution in [0, 0.1) is 5.41 Å². The van der Waals surface area contributed by atoms with Crippen LogP contribution >= 0.6 is 24.8 Å². The second-order valence-electron chi connectivity index (χ2n) is 6.85. The van der Waals surface area contributed by atoms with Crippen molar-refractivity contribution in [1.29, 1.82) is 0 Å². The van der Waals surface area contributed by atoms with Crippen LogP contribution in [0.25, 0.3) is 0 Å². The number of anilines is 1. The van der Waals surface area contributed by atoms with Gasteiger partial charge >= 0.3 is 0 Å². The van der Waals surface area contributed by atoms with E-state index in [9.17, 15) is 9.90 Å². The Hall–Kier alpha value is -0.850. The van der Waals surface area contributed by atoms with Gasteiger partial charge in [0.15, 0.2) is 0 Å². The maximum Gasteiger partial charge on any atom is 0.231 e. The number of nitrogens with zero attached hydrogens (tertiary/aromatic N) is 1. The first-order valence-electron chi connectivity index (χ1n) is 9.04. The lowest BCUT2D eigenvalue weighted by Gasteiger charge is -2.30. The Morgan fingerprint density at radius 1 is 1.27 bits per heavy atom. The summed E-state index contributed by atoms with van der Waals surface area (Å²) in [7, 11) is 0. The molecule has 0 radical (unpaired) electrons. The van der Waals surface area contributed by atoms with E-state index in [-0.39, 0.29) is 36.8 Å². The standard InChI is InChI=1S/C19H31N3O2.2ClH/c1-3-19(4-2,14-20)18(24)21-16-7-5-6-15(12-16)13-22-10-8-17(23)9-11-22;;/h5-7,12,17,23H,3-4,8-11,13-14,20H2,1-2H3,(H,21,24);2*1H. The Labute approximate surface area is 169 Å². The van der Waals surface area contributed by atoms with Gasteiger partial charge in [-0.25, -0.2) is 0 Å². The van der Waals surface area contributed by atoms with Crippen LogP contribution < -0.4 is 11.1 Å². The molecule has 26 heavy (non-hydrogen) atoms. The zero-order valence-electron chi connectivity index (χ0n) is 15.7. The molecule has 0 aliphatic carbocycles. The SMILES string of the molecule is CCC(CC)(CN)C(=O)Nc1cccc(CN2CCC(O)CC2)c1.Cl.Cl. The summed E-state index contributed by atoms with van der Waals surface area (Å²) in [4.78, 5) is 15.0. The number of aliphatic hydroxyl groups excluding tert-OH is 1. The predicted octanol–water partition coefficient (Wildman–Crippen LogP) is 3.19. The van der Waals surface area contributed by atoms with Gasteiger partial charge in [-0.3, -0.25) is 9.69 Å². The van der Waals surface area contributed by atoms with Crippen molar-refractivity contribution < 1.29 is 9.90 Å². The van der Waals surface area contributed by atoms with E-state index in [1.165, 1.54) is 5.56 Å². The second-order valence-corrected chi connectivity index (χ2v) is 6.85. The van der Waals surface area contributed by atoms with Crippen LogP contribution in [0.15, 0.2) is 24.3 Å². The van der Waals surface area contributed by atoms with Gasteiger partial charge in [-0.2, -0.15) is 0 Å². The fourth-order valence-corrected chi connectivity index (χ4v) is 3.30. The van der Waals surface area contributed by atoms with Crippen molar-refractivity contribution in [3.05, 3.63) is 29.8 Å². The van der Waals surface area contributed by atoms with E-state index in [1.807, 2.05) is 32.0 Å². The average molecular weight is 406 g/mol. The molecule has 0 bridgehead atoms. The second kappa shape index (κ2) is 11.8. The molecule has 7 heteroatoms. The first-order chi connectivity index (χ1) is 11.5. The summed E-state index contributed by atoms with van der Waals surface area (Å²) in [6.45, 7) is 7.06. The van der Waals surface area contributed by atoms with Gasteiger partial charge in [-0.1, -0.05) is 26.0 Å². The number of likely N-dealkylation sites (tertiary alicyclic amines) is 1. The molecule has 0 saturated carbocycles. The van der Waals surface area contributed by atoms with Gasteiger partial charge in [0.1, 0.15) is 0 Å². The quantitative estimate of drug-likeness (QED) is 0.650. The normalized spacial score (nSPS) is 15.7. The Morgan fingerprint density at radius 2 is 1.88 bits per heavy atom. The summed E-state index contributed by atoms with van der Waals surface area (Å²) in [5.41, 5.74) is 7.38. The zero-order chi connectivity index (χ0) is 17.6. The number of carbonyl (C=O) groups excluding carboxylic acids is 1. The Kier molecular flexibility index (Phi) is 11.4. The predicted molar refractivity (Wildman–Crippen MR) is 112 cm³/mol. The molecule has 0 unspecified atom stereocenters. The van der Waals surface area contributed by atoms with Crippen LogP contribution in [0.5, 0.6) is 0 Å². The van der Waals surface area contributed by atoms with Gasteiger partial charge in [0.25, 0.3) is 0 Å². The largest absolute Gasteiger partial charge is 0.393 e. The summed E-state index contributed by atoms with van der Waals surface area (Å²) >= 11 is 0. The summed E-state index contributed by atoms with van der Waals surface area (Å²) in [6.07, 6.45) is 2.99. The lowest BCUT2D eigenvalue weighted by atomic mass is 9.81. The minimum Gasteiger partial charge on any atom is -0.393 e. The molecular weight excluding hydrogens is 373 g/mol. The topological polar surface area (TPSA) is 78.6 Å². The van der Waals surface area contributed by atoms with Crippen molar-refractivity contribution in [3.8, 4) is 0 Å². The van der Waals surface area contributed by atoms with Gasteiger partial charge in [-0.15, -0.1) is 24.8 Å². The number of hydrogen-bond acceptors (Lipinski definition) is 4. The van der Waals surface area contributed by atoms with Crippen molar-refractivity contribution in [3.63, 3.8) is 0 Å². The van der Waals surface area contributed by atoms with Crippen molar-refractivity contribution in [2.75, 3.05) is 25.0 Å². The number of nitrogens with one attached hydrogen (secondary N) is 1. The van der Waals surface area contributed by atoms with Crippen LogP contribution in [0.1, 0.15) is 45.1 Å². The fraction of sp³-hybridized carbons (Fsp3) is 0.632. The van der Waals surface area contributed by atoms with Crippen LogP contribution in [-0.4, -0.2) is 41.7 Å². The number of benzene rings is 1. The highest BCUT2D eigenvalue weighted by Gasteiger charge is 2.33. The van der Waals surface area contributed by atoms with E-state index in [4.69, 9.17) is 5.73 Å². The van der Waals surface area contributed by atoms with Crippen LogP contribution in [-0.2, 0) is 11.3 Å². The number of hydrogen-bond donors (Lipinski definition) is 3. The lowest BCUT2D eigenvalue weighted by molar-refractivity contribution is -0.125. The molecule has 2 rings (SSSR count). The molecule has 4 N–H and O–H groups in total. The minimum atomic E-state index is -0.487. The molecule has 0 spiro atoms. The number of amides is 1. The average Bonchev–Trinajstić information content (AvgIpc) is 2.59. The van der Waals surface area contributed by atoms with E-state index >= 15 is 0 Å². The van der Waals surface area contributed by atoms with Crippen molar-refractivity contribution in [2.24, 2.45) is 11.1 Å². The van der Waals surface area contributed by atoms with E-state index in [1.54, 1.807) is 0 Å². The molecule has 5 nitrogen and oxygen atoms in total. The van der Waals surface area contributed by atoms with Gasteiger partial charge < -0.3 is 16.2 Å². The van der Waals surface area contributed by atoms with E-state index < -0.39 is 5.41 Å². The number of carbonyl (C=O) groups is 1. The van der Waals surface area contributed by atoms with Gasteiger partial charge in [-0.05, 0) is 43.4 Å². The van der Waals surface area contributed by atoms with Crippen molar-refractivity contribution in [2.45, 2.75) is 52.2 Å². The minimum absolute atomic E-state index is 0. The van der Waals surface area contributed by atoms with Gasteiger partial charge in [0, 0.05) is 31.9 Å². The van der Waals surface area contributed by atoms with E-state index in [0.717, 1.165) is 51.0 Å². The molecule has 1 amide bonds. The molecule has 1 saturated heterocycles. The number of nitrogens with two attached hydrogens (primary N) is 1. The molecule has 1 heterocycles. The van der Waals surface area contributed by atoms with Crippen molar-refractivity contribution >= 4 is 36.4 Å². The zero-order valence-corrected chi connectivity index (χ0v) is 17.4. The van der Waals surface area contributed by atoms with Crippen LogP contribution in [0.2, 0.25) is 0 Å². The molecular formula is C19H33Cl2N3O2. The van der Waals surface area contributed by atoms with Crippen LogP contribution in [0.3, 0.4) is 0 Å². The van der Waals surface area contributed by atoms with E-state index in [0.29, 0.717) is 6.54 Å². The number of aliphatic hydroxyl groups is 1. The number of halogens is 2. The van der Waals surface area contributed by atoms with Gasteiger partial charge in [0.05, 0.1) is 11.5 Å². The Morgan fingerprint density at radius 3 is 2.42 bits per heavy atom. The molecule has 1 aliphatic heterocycles. The third-order valence-corrected chi connectivity index (χ3v) is 5.37. The summed E-state index contributed by atoms with van der Waals surface area (Å²) in [5.74, 6) is 0.00763. The Balaban J connectivity index is 0.00000312. The third kappa shape index (κ3) is 6.39. The molecule has 1 aliphatic rings. The highest BCUT2D eigenvalue weighted by atomic mass is 35.5. The summed E-state index contributed by atoms with van der Waals surface area (Å²) in [5, 5.41) is 12.6. The molecule has 150 valence electrons. The Bertz CT molecular complexity index is 537. The molecule has 1 aromatic rings. The van der Waals surface area contributed by atoms with Crippen LogP contribution in [0.4, 0.5) is 5.69 Å². The third-order valence-electron chi connectivity index (χ3n) is 5.37. The summed E-state index contributed by atoms with van der Waals surface area (Å²) < 4.78 is 0. The first-order valence-corrected chi connectivity index (χ1v) is 9.04. The fourth-order valence-electron chi connectivity index (χ4n) is 3.30. The van der Waals surface area contributed by atoms with E-state index in [2.05, 4.69) is 16.3 Å². The lowest BCUT2D eigenvalue weighted by Crippen LogP contribution is -2.41. The maximum atomic E-state index is 12.6. The summed E-state index contributed by atoms with van der Waals surface area (Å²) in [6, 6.07) is 8.02.